The first kappa shape index (κ1) is 24.4. The summed E-state index contributed by atoms with van der Waals surface area (Å²) < 4.78 is 11.2. The van der Waals surface area contributed by atoms with Gasteiger partial charge in [0.1, 0.15) is 12.4 Å². The van der Waals surface area contributed by atoms with E-state index in [2.05, 4.69) is 20.0 Å². The van der Waals surface area contributed by atoms with Crippen molar-refractivity contribution in [2.75, 3.05) is 26.2 Å². The minimum Gasteiger partial charge on any atom is -0.489 e. The van der Waals surface area contributed by atoms with E-state index in [1.54, 1.807) is 18.5 Å². The number of hydrogen-bond acceptors (Lipinski definition) is 7. The second kappa shape index (κ2) is 11.6. The fourth-order valence-corrected chi connectivity index (χ4v) is 4.05. The van der Waals surface area contributed by atoms with Crippen molar-refractivity contribution < 1.29 is 14.1 Å². The number of piperazine rings is 1. The molecule has 1 saturated heterocycles. The van der Waals surface area contributed by atoms with Gasteiger partial charge in [-0.05, 0) is 36.8 Å². The van der Waals surface area contributed by atoms with E-state index in [0.717, 1.165) is 35.5 Å². The molecule has 1 amide bonds. The quantitative estimate of drug-likeness (QED) is 0.336. The third-order valence-corrected chi connectivity index (χ3v) is 6.25. The molecule has 5 rings (SSSR count). The highest BCUT2D eigenvalue weighted by molar-refractivity contribution is 5.91. The van der Waals surface area contributed by atoms with Gasteiger partial charge in [-0.25, -0.2) is 0 Å². The maximum absolute atomic E-state index is 12.7. The number of benzene rings is 2. The van der Waals surface area contributed by atoms with Crippen molar-refractivity contribution >= 4 is 12.0 Å². The van der Waals surface area contributed by atoms with Crippen LogP contribution in [0.3, 0.4) is 0 Å². The number of carbonyl (C=O) groups is 1. The van der Waals surface area contributed by atoms with Crippen molar-refractivity contribution in [2.45, 2.75) is 20.1 Å². The van der Waals surface area contributed by atoms with Crippen molar-refractivity contribution in [3.8, 4) is 17.1 Å². The summed E-state index contributed by atoms with van der Waals surface area (Å²) in [4.78, 5) is 25.4. The van der Waals surface area contributed by atoms with Gasteiger partial charge in [-0.3, -0.25) is 14.7 Å². The molecule has 0 radical (unpaired) electrons. The normalized spacial score (nSPS) is 14.2. The van der Waals surface area contributed by atoms with Gasteiger partial charge in [0.2, 0.25) is 17.6 Å². The van der Waals surface area contributed by atoms with E-state index in [1.165, 1.54) is 5.56 Å². The molecule has 0 aliphatic carbocycles. The highest BCUT2D eigenvalue weighted by Crippen LogP contribution is 2.18. The van der Waals surface area contributed by atoms with Crippen molar-refractivity contribution in [3.63, 3.8) is 0 Å². The third-order valence-electron chi connectivity index (χ3n) is 6.25. The van der Waals surface area contributed by atoms with Crippen LogP contribution < -0.4 is 4.74 Å². The standard InChI is InChI=1S/C29H29N5O3/c1-22-4-9-25(10-5-22)29-31-27(37-32-29)20-33-15-17-34(18-16-33)28(35)13-8-23-6-11-26(12-7-23)36-21-24-3-2-14-30-19-24/h2-14,19H,15-18,20-21H2,1H3/b13-8+. The molecule has 0 unspecified atom stereocenters. The van der Waals surface area contributed by atoms with Crippen molar-refractivity contribution in [1.82, 2.24) is 24.9 Å². The largest absolute Gasteiger partial charge is 0.489 e. The van der Waals surface area contributed by atoms with Crippen LogP contribution in [0, 0.1) is 6.92 Å². The Bertz CT molecular complexity index is 1330. The number of carbonyl (C=O) groups excluding carboxylic acids is 1. The Hall–Kier alpha value is -4.30. The van der Waals surface area contributed by atoms with E-state index in [0.29, 0.717) is 38.0 Å². The zero-order chi connectivity index (χ0) is 25.5. The lowest BCUT2D eigenvalue weighted by Gasteiger charge is -2.33. The molecule has 8 heteroatoms. The molecule has 1 aliphatic rings. The van der Waals surface area contributed by atoms with Crippen LogP contribution >= 0.6 is 0 Å². The van der Waals surface area contributed by atoms with Crippen molar-refractivity contribution in [3.05, 3.63) is 102 Å². The number of ether oxygens (including phenoxy) is 1. The van der Waals surface area contributed by atoms with E-state index < -0.39 is 0 Å². The Kier molecular flexibility index (Phi) is 7.66. The molecular formula is C29H29N5O3. The summed E-state index contributed by atoms with van der Waals surface area (Å²) in [5.41, 5.74) is 4.09. The molecule has 0 saturated carbocycles. The maximum Gasteiger partial charge on any atom is 0.246 e. The molecule has 2 aromatic heterocycles. The van der Waals surface area contributed by atoms with Crippen LogP contribution in [0.25, 0.3) is 17.5 Å². The zero-order valence-electron chi connectivity index (χ0n) is 20.8. The summed E-state index contributed by atoms with van der Waals surface area (Å²) in [6.45, 7) is 5.91. The fraction of sp³-hybridized carbons (Fsp3) is 0.241. The molecule has 37 heavy (non-hydrogen) atoms. The van der Waals surface area contributed by atoms with Crippen LogP contribution in [0.5, 0.6) is 5.75 Å². The lowest BCUT2D eigenvalue weighted by Crippen LogP contribution is -2.47. The number of hydrogen-bond donors (Lipinski definition) is 0. The SMILES string of the molecule is Cc1ccc(-c2noc(CN3CCN(C(=O)/C=C/c4ccc(OCc5cccnc5)cc4)CC3)n2)cc1. The van der Waals surface area contributed by atoms with Gasteiger partial charge in [-0.2, -0.15) is 4.98 Å². The molecule has 1 aliphatic heterocycles. The van der Waals surface area contributed by atoms with Gasteiger partial charge < -0.3 is 14.2 Å². The molecule has 1 fully saturated rings. The van der Waals surface area contributed by atoms with Crippen LogP contribution in [-0.2, 0) is 17.9 Å². The Balaban J connectivity index is 1.07. The molecule has 2 aromatic carbocycles. The molecule has 0 N–H and O–H groups in total. The number of aryl methyl sites for hydroxylation is 1. The topological polar surface area (TPSA) is 84.6 Å². The second-order valence-corrected chi connectivity index (χ2v) is 9.03. The highest BCUT2D eigenvalue weighted by atomic mass is 16.5. The number of nitrogens with zero attached hydrogens (tertiary/aromatic N) is 5. The van der Waals surface area contributed by atoms with Crippen LogP contribution in [0.1, 0.15) is 22.6 Å². The summed E-state index contributed by atoms with van der Waals surface area (Å²) in [5, 5.41) is 4.11. The zero-order valence-corrected chi connectivity index (χ0v) is 20.8. The summed E-state index contributed by atoms with van der Waals surface area (Å²) in [6.07, 6.45) is 7.00. The third kappa shape index (κ3) is 6.68. The van der Waals surface area contributed by atoms with E-state index in [1.807, 2.05) is 78.6 Å². The Labute approximate surface area is 216 Å². The van der Waals surface area contributed by atoms with Gasteiger partial charge >= 0.3 is 0 Å². The van der Waals surface area contributed by atoms with Crippen molar-refractivity contribution in [2.24, 2.45) is 0 Å². The van der Waals surface area contributed by atoms with Crippen LogP contribution in [-0.4, -0.2) is 57.0 Å². The second-order valence-electron chi connectivity index (χ2n) is 9.03. The first-order valence-electron chi connectivity index (χ1n) is 12.3. The summed E-state index contributed by atoms with van der Waals surface area (Å²) in [6, 6.07) is 19.6. The maximum atomic E-state index is 12.7. The van der Waals surface area contributed by atoms with Gasteiger partial charge in [0.25, 0.3) is 0 Å². The number of aromatic nitrogens is 3. The van der Waals surface area contributed by atoms with Crippen LogP contribution in [0.15, 0.2) is 83.7 Å². The Morgan fingerprint density at radius 3 is 2.54 bits per heavy atom. The van der Waals surface area contributed by atoms with Gasteiger partial charge in [-0.15, -0.1) is 0 Å². The van der Waals surface area contributed by atoms with Gasteiger partial charge in [-0.1, -0.05) is 53.2 Å². The predicted octanol–water partition coefficient (Wildman–Crippen LogP) is 4.38. The molecular weight excluding hydrogens is 466 g/mol. The first-order valence-corrected chi connectivity index (χ1v) is 12.3. The van der Waals surface area contributed by atoms with E-state index in [9.17, 15) is 4.79 Å². The van der Waals surface area contributed by atoms with Gasteiger partial charge in [0, 0.05) is 55.8 Å². The lowest BCUT2D eigenvalue weighted by molar-refractivity contribution is -0.127. The minimum atomic E-state index is 0.0102. The average molecular weight is 496 g/mol. The highest BCUT2D eigenvalue weighted by Gasteiger charge is 2.21. The van der Waals surface area contributed by atoms with E-state index >= 15 is 0 Å². The Morgan fingerprint density at radius 2 is 1.81 bits per heavy atom. The smallest absolute Gasteiger partial charge is 0.246 e. The summed E-state index contributed by atoms with van der Waals surface area (Å²) >= 11 is 0. The monoisotopic (exact) mass is 495 g/mol. The fourth-order valence-electron chi connectivity index (χ4n) is 4.05. The minimum absolute atomic E-state index is 0.0102. The number of amides is 1. The number of rotatable bonds is 8. The van der Waals surface area contributed by atoms with E-state index in [-0.39, 0.29) is 5.91 Å². The Morgan fingerprint density at radius 1 is 1.03 bits per heavy atom. The average Bonchev–Trinajstić information content (AvgIpc) is 3.41. The van der Waals surface area contributed by atoms with Gasteiger partial charge in [0.15, 0.2) is 0 Å². The van der Waals surface area contributed by atoms with Crippen LogP contribution in [0.4, 0.5) is 0 Å². The molecule has 188 valence electrons. The molecule has 0 bridgehead atoms. The predicted molar refractivity (Wildman–Crippen MR) is 140 cm³/mol. The molecule has 8 nitrogen and oxygen atoms in total. The number of pyridine rings is 1. The molecule has 3 heterocycles. The van der Waals surface area contributed by atoms with Crippen molar-refractivity contribution in [1.29, 1.82) is 0 Å². The van der Waals surface area contributed by atoms with Crippen LogP contribution in [0.2, 0.25) is 0 Å². The first-order chi connectivity index (χ1) is 18.1. The summed E-state index contributed by atoms with van der Waals surface area (Å²) in [5.74, 6) is 1.97. The lowest BCUT2D eigenvalue weighted by atomic mass is 10.1. The van der Waals surface area contributed by atoms with Gasteiger partial charge in [0.05, 0.1) is 6.54 Å². The summed E-state index contributed by atoms with van der Waals surface area (Å²) in [7, 11) is 0. The molecule has 0 atom stereocenters. The molecule has 0 spiro atoms. The van der Waals surface area contributed by atoms with E-state index in [4.69, 9.17) is 9.26 Å². The molecule has 4 aromatic rings.